The molecule has 0 aliphatic carbocycles. The summed E-state index contributed by atoms with van der Waals surface area (Å²) in [5, 5.41) is 23.8. The van der Waals surface area contributed by atoms with Crippen molar-refractivity contribution in [2.45, 2.75) is 0 Å². The number of rotatable bonds is 5. The molecule has 182 valence electrons. The van der Waals surface area contributed by atoms with Crippen LogP contribution in [-0.4, -0.2) is 56.9 Å². The zero-order valence-corrected chi connectivity index (χ0v) is 20.0. The van der Waals surface area contributed by atoms with Crippen molar-refractivity contribution >= 4 is 40.3 Å². The van der Waals surface area contributed by atoms with Gasteiger partial charge in [0.05, 0.1) is 17.2 Å². The first-order valence-electron chi connectivity index (χ1n) is 11.7. The van der Waals surface area contributed by atoms with E-state index in [0.717, 1.165) is 42.3 Å². The van der Waals surface area contributed by atoms with E-state index in [0.29, 0.717) is 28.1 Å². The fourth-order valence-electron chi connectivity index (χ4n) is 4.44. The van der Waals surface area contributed by atoms with Crippen molar-refractivity contribution in [3.63, 3.8) is 0 Å². The van der Waals surface area contributed by atoms with Gasteiger partial charge in [0.25, 0.3) is 5.91 Å². The number of phenols is 1. The van der Waals surface area contributed by atoms with Gasteiger partial charge in [-0.3, -0.25) is 9.48 Å². The number of phenolic OH excluding ortho intramolecular Hbond substituents is 1. The first-order chi connectivity index (χ1) is 17.4. The minimum absolute atomic E-state index is 0.0651. The molecule has 1 amide bonds. The lowest BCUT2D eigenvalue weighted by molar-refractivity contribution is 0.102. The van der Waals surface area contributed by atoms with E-state index in [4.69, 9.17) is 4.98 Å². The monoisotopic (exact) mass is 481 g/mol. The van der Waals surface area contributed by atoms with Gasteiger partial charge in [0, 0.05) is 61.5 Å². The summed E-state index contributed by atoms with van der Waals surface area (Å²) in [6.07, 6.45) is 3.33. The van der Waals surface area contributed by atoms with E-state index in [1.54, 1.807) is 29.1 Å². The number of aryl methyl sites for hydroxylation is 1. The first-order valence-corrected chi connectivity index (χ1v) is 11.7. The van der Waals surface area contributed by atoms with Gasteiger partial charge in [0.1, 0.15) is 17.3 Å². The van der Waals surface area contributed by atoms with E-state index >= 15 is 0 Å². The number of carbonyl (C=O) groups is 1. The van der Waals surface area contributed by atoms with Crippen molar-refractivity contribution in [2.24, 2.45) is 7.05 Å². The Morgan fingerprint density at radius 3 is 2.67 bits per heavy atom. The summed E-state index contributed by atoms with van der Waals surface area (Å²) in [5.41, 5.74) is 1.33. The molecule has 5 rings (SSSR count). The van der Waals surface area contributed by atoms with Crippen molar-refractivity contribution < 1.29 is 9.90 Å². The summed E-state index contributed by atoms with van der Waals surface area (Å²) < 4.78 is 1.69. The standard InChI is InChI=1S/C27H27N7O2/c1-4-20(25-17(2)16-29-33(25)3)26-30-23(15-24(32-26)34-11-9-28-10-12-34)27(36)31-22-14-19(35)13-18-7-5-6-8-21(18)22/h4-8,13-16,28,35H,1-2,9-12H2,3H3,(H,31,36)/b25-20-. The van der Waals surface area contributed by atoms with E-state index in [1.165, 1.54) is 6.07 Å². The predicted molar refractivity (Wildman–Crippen MR) is 141 cm³/mol. The SMILES string of the molecule is C=C/C(c1nc(C(=O)Nc2cc(O)cc3ccccc23)cc(N2CCNCC2)n1)=c1\c(=C)cnn1C. The highest BCUT2D eigenvalue weighted by molar-refractivity contribution is 6.09. The number of nitrogens with zero attached hydrogens (tertiary/aromatic N) is 5. The molecular formula is C27H27N7O2. The molecule has 1 saturated heterocycles. The summed E-state index contributed by atoms with van der Waals surface area (Å²) in [4.78, 5) is 25.1. The zero-order valence-electron chi connectivity index (χ0n) is 20.0. The Kier molecular flexibility index (Phi) is 6.22. The molecule has 9 nitrogen and oxygen atoms in total. The van der Waals surface area contributed by atoms with Crippen LogP contribution in [0.4, 0.5) is 11.5 Å². The lowest BCUT2D eigenvalue weighted by Crippen LogP contribution is -2.44. The zero-order chi connectivity index (χ0) is 25.2. The quantitative estimate of drug-likeness (QED) is 0.397. The van der Waals surface area contributed by atoms with Gasteiger partial charge in [-0.25, -0.2) is 9.97 Å². The maximum Gasteiger partial charge on any atom is 0.274 e. The van der Waals surface area contributed by atoms with Crippen LogP contribution in [0.2, 0.25) is 0 Å². The molecule has 1 aliphatic rings. The molecule has 0 saturated carbocycles. The average Bonchev–Trinajstić information content (AvgIpc) is 3.22. The van der Waals surface area contributed by atoms with Gasteiger partial charge in [-0.05, 0) is 11.5 Å². The lowest BCUT2D eigenvalue weighted by atomic mass is 10.1. The van der Waals surface area contributed by atoms with Gasteiger partial charge in [0.15, 0.2) is 5.82 Å². The van der Waals surface area contributed by atoms with Crippen molar-refractivity contribution in [3.8, 4) is 5.75 Å². The number of aromatic nitrogens is 4. The molecule has 2 aromatic heterocycles. The maximum atomic E-state index is 13.5. The Morgan fingerprint density at radius 1 is 1.17 bits per heavy atom. The second-order valence-electron chi connectivity index (χ2n) is 8.60. The molecule has 0 spiro atoms. The van der Waals surface area contributed by atoms with Crippen LogP contribution in [0.3, 0.4) is 0 Å². The number of amides is 1. The minimum Gasteiger partial charge on any atom is -0.508 e. The summed E-state index contributed by atoms with van der Waals surface area (Å²) in [6.45, 7) is 11.2. The average molecular weight is 482 g/mol. The summed E-state index contributed by atoms with van der Waals surface area (Å²) in [7, 11) is 1.81. The molecule has 3 heterocycles. The number of hydrogen-bond acceptors (Lipinski definition) is 7. The Labute approximate surface area is 208 Å². The fourth-order valence-corrected chi connectivity index (χ4v) is 4.44. The predicted octanol–water partition coefficient (Wildman–Crippen LogP) is 1.53. The number of carbonyl (C=O) groups excluding carboxylic acids is 1. The van der Waals surface area contributed by atoms with Gasteiger partial charge in [0.2, 0.25) is 0 Å². The second kappa shape index (κ2) is 9.63. The Hall–Kier alpha value is -4.50. The number of piperazine rings is 1. The summed E-state index contributed by atoms with van der Waals surface area (Å²) in [5.74, 6) is 0.671. The highest BCUT2D eigenvalue weighted by Gasteiger charge is 2.20. The maximum absolute atomic E-state index is 13.5. The number of allylic oxidation sites excluding steroid dienone is 1. The van der Waals surface area contributed by atoms with E-state index in [9.17, 15) is 9.90 Å². The van der Waals surface area contributed by atoms with E-state index in [2.05, 4.69) is 38.8 Å². The number of anilines is 2. The molecule has 2 aromatic carbocycles. The van der Waals surface area contributed by atoms with Crippen LogP contribution in [0.25, 0.3) is 22.9 Å². The number of hydrogen-bond donors (Lipinski definition) is 3. The van der Waals surface area contributed by atoms with Crippen LogP contribution in [0.15, 0.2) is 61.3 Å². The molecule has 36 heavy (non-hydrogen) atoms. The molecule has 4 aromatic rings. The molecular weight excluding hydrogens is 454 g/mol. The largest absolute Gasteiger partial charge is 0.508 e. The van der Waals surface area contributed by atoms with Crippen LogP contribution < -0.4 is 26.1 Å². The molecule has 0 unspecified atom stereocenters. The van der Waals surface area contributed by atoms with Crippen LogP contribution >= 0.6 is 0 Å². The van der Waals surface area contributed by atoms with E-state index in [-0.39, 0.29) is 11.4 Å². The highest BCUT2D eigenvalue weighted by Crippen LogP contribution is 2.29. The van der Waals surface area contributed by atoms with E-state index < -0.39 is 5.91 Å². The molecule has 9 heteroatoms. The van der Waals surface area contributed by atoms with Crippen LogP contribution in [0.1, 0.15) is 16.3 Å². The number of fused-ring (bicyclic) bond motifs is 1. The van der Waals surface area contributed by atoms with Crippen molar-refractivity contribution in [1.29, 1.82) is 0 Å². The third-order valence-corrected chi connectivity index (χ3v) is 6.20. The summed E-state index contributed by atoms with van der Waals surface area (Å²) in [6, 6.07) is 12.4. The number of benzene rings is 2. The fraction of sp³-hybridized carbons (Fsp3) is 0.185. The first kappa shape index (κ1) is 23.3. The summed E-state index contributed by atoms with van der Waals surface area (Å²) >= 11 is 0. The van der Waals surface area contributed by atoms with Crippen LogP contribution in [0.5, 0.6) is 5.75 Å². The minimum atomic E-state index is -0.408. The van der Waals surface area contributed by atoms with Gasteiger partial charge in [-0.2, -0.15) is 5.10 Å². The smallest absolute Gasteiger partial charge is 0.274 e. The van der Waals surface area contributed by atoms with Crippen LogP contribution in [-0.2, 0) is 7.05 Å². The topological polar surface area (TPSA) is 108 Å². The molecule has 0 atom stereocenters. The van der Waals surface area contributed by atoms with Gasteiger partial charge >= 0.3 is 0 Å². The molecule has 0 bridgehead atoms. The van der Waals surface area contributed by atoms with E-state index in [1.807, 2.05) is 31.3 Å². The third kappa shape index (κ3) is 4.44. The Balaban J connectivity index is 1.63. The van der Waals surface area contributed by atoms with Gasteiger partial charge < -0.3 is 20.6 Å². The Bertz CT molecular complexity index is 1590. The van der Waals surface area contributed by atoms with Crippen LogP contribution in [0, 0.1) is 0 Å². The second-order valence-corrected chi connectivity index (χ2v) is 8.60. The van der Waals surface area contributed by atoms with Crippen molar-refractivity contribution in [1.82, 2.24) is 25.1 Å². The third-order valence-electron chi connectivity index (χ3n) is 6.20. The van der Waals surface area contributed by atoms with Crippen molar-refractivity contribution in [2.75, 3.05) is 36.4 Å². The molecule has 1 aliphatic heterocycles. The highest BCUT2D eigenvalue weighted by atomic mass is 16.3. The molecule has 1 fully saturated rings. The lowest BCUT2D eigenvalue weighted by Gasteiger charge is -2.28. The van der Waals surface area contributed by atoms with Gasteiger partial charge in [-0.15, -0.1) is 0 Å². The Morgan fingerprint density at radius 2 is 1.94 bits per heavy atom. The number of nitrogens with one attached hydrogen (secondary N) is 2. The molecule has 0 radical (unpaired) electrons. The normalized spacial score (nSPS) is 14.5. The number of aromatic hydroxyl groups is 1. The molecule has 3 N–H and O–H groups in total. The van der Waals surface area contributed by atoms with Crippen molar-refractivity contribution in [3.05, 3.63) is 83.4 Å². The van der Waals surface area contributed by atoms with Gasteiger partial charge in [-0.1, -0.05) is 43.5 Å².